The van der Waals surface area contributed by atoms with E-state index in [4.69, 9.17) is 0 Å². The summed E-state index contributed by atoms with van der Waals surface area (Å²) in [5.74, 6) is 1.02. The number of ether oxygens (including phenoxy) is 1. The van der Waals surface area contributed by atoms with Crippen molar-refractivity contribution in [1.82, 2.24) is 0 Å². The Hall–Kier alpha value is -2.56. The normalized spacial score (nSPS) is 18.9. The van der Waals surface area contributed by atoms with Crippen molar-refractivity contribution in [2.24, 2.45) is 11.8 Å². The molecule has 1 fully saturated rings. The number of benzene rings is 3. The molecule has 0 saturated heterocycles. The maximum absolute atomic E-state index is 15.2. The molecule has 0 heterocycles. The van der Waals surface area contributed by atoms with Gasteiger partial charge in [0.25, 0.3) is 0 Å². The molecular formula is C29H32F4O. The highest BCUT2D eigenvalue weighted by molar-refractivity contribution is 5.88. The Morgan fingerprint density at radius 3 is 2.18 bits per heavy atom. The van der Waals surface area contributed by atoms with E-state index in [1.165, 1.54) is 81.2 Å². The van der Waals surface area contributed by atoms with Crippen LogP contribution in [0.1, 0.15) is 63.9 Å². The maximum Gasteiger partial charge on any atom is 0.573 e. The smallest absolute Gasteiger partial charge is 0.406 e. The summed E-state index contributed by atoms with van der Waals surface area (Å²) < 4.78 is 56.3. The first-order valence-electron chi connectivity index (χ1n) is 12.4. The van der Waals surface area contributed by atoms with Crippen LogP contribution in [-0.4, -0.2) is 6.36 Å². The molecular weight excluding hydrogens is 440 g/mol. The zero-order chi connectivity index (χ0) is 24.1. The van der Waals surface area contributed by atoms with Crippen LogP contribution in [-0.2, 0) is 6.42 Å². The Labute approximate surface area is 199 Å². The number of unbranched alkanes of at least 4 members (excludes halogenated alkanes) is 1. The number of hydrogen-bond acceptors (Lipinski definition) is 1. The van der Waals surface area contributed by atoms with Crippen molar-refractivity contribution in [3.8, 4) is 16.9 Å². The van der Waals surface area contributed by atoms with Gasteiger partial charge in [0.1, 0.15) is 11.6 Å². The highest BCUT2D eigenvalue weighted by atomic mass is 19.4. The van der Waals surface area contributed by atoms with Crippen LogP contribution in [0.4, 0.5) is 17.6 Å². The van der Waals surface area contributed by atoms with Gasteiger partial charge in [-0.1, -0.05) is 94.3 Å². The molecule has 5 heteroatoms. The first-order valence-corrected chi connectivity index (χ1v) is 12.4. The van der Waals surface area contributed by atoms with E-state index in [1.54, 1.807) is 6.07 Å². The summed E-state index contributed by atoms with van der Waals surface area (Å²) in [4.78, 5) is 0. The van der Waals surface area contributed by atoms with Gasteiger partial charge in [-0.05, 0) is 53.3 Å². The van der Waals surface area contributed by atoms with Crippen LogP contribution >= 0.6 is 0 Å². The van der Waals surface area contributed by atoms with E-state index in [2.05, 4.69) is 17.7 Å². The minimum absolute atomic E-state index is 0.323. The molecule has 3 aromatic carbocycles. The van der Waals surface area contributed by atoms with E-state index in [9.17, 15) is 13.2 Å². The Bertz CT molecular complexity index is 1080. The predicted octanol–water partition coefficient (Wildman–Crippen LogP) is 9.47. The second-order valence-corrected chi connectivity index (χ2v) is 9.62. The minimum Gasteiger partial charge on any atom is -0.406 e. The number of rotatable bonds is 8. The summed E-state index contributed by atoms with van der Waals surface area (Å²) >= 11 is 0. The van der Waals surface area contributed by atoms with Crippen LogP contribution in [0.25, 0.3) is 21.9 Å². The molecule has 1 nitrogen and oxygen atoms in total. The maximum atomic E-state index is 15.2. The van der Waals surface area contributed by atoms with E-state index in [0.29, 0.717) is 16.5 Å². The standard InChI is InChI=1S/C29H32F4O/c1-2-3-4-20-5-7-21(8-6-20)9-10-22-11-17-27-24(19-22)14-18-26(28(27)30)23-12-15-25(16-13-23)34-29(31,32)33/h11-21H,2-10H2,1H3/t20-,21-. The molecule has 1 saturated carbocycles. The van der Waals surface area contributed by atoms with Crippen LogP contribution in [0.3, 0.4) is 0 Å². The van der Waals surface area contributed by atoms with Gasteiger partial charge in [0.2, 0.25) is 0 Å². The summed E-state index contributed by atoms with van der Waals surface area (Å²) in [6.45, 7) is 2.26. The van der Waals surface area contributed by atoms with Crippen molar-refractivity contribution in [2.45, 2.75) is 71.1 Å². The van der Waals surface area contributed by atoms with Gasteiger partial charge in [-0.2, -0.15) is 0 Å². The topological polar surface area (TPSA) is 9.23 Å². The number of fused-ring (bicyclic) bond motifs is 1. The van der Waals surface area contributed by atoms with Gasteiger partial charge in [-0.25, -0.2) is 4.39 Å². The van der Waals surface area contributed by atoms with Gasteiger partial charge in [-0.15, -0.1) is 13.2 Å². The van der Waals surface area contributed by atoms with Crippen LogP contribution in [0, 0.1) is 17.7 Å². The highest BCUT2D eigenvalue weighted by Gasteiger charge is 2.31. The summed E-state index contributed by atoms with van der Waals surface area (Å²) in [6, 6.07) is 14.8. The quantitative estimate of drug-likeness (QED) is 0.297. The molecule has 0 atom stereocenters. The van der Waals surface area contributed by atoms with Crippen molar-refractivity contribution in [3.05, 3.63) is 66.0 Å². The monoisotopic (exact) mass is 472 g/mol. The fourth-order valence-corrected chi connectivity index (χ4v) is 5.23. The molecule has 0 N–H and O–H groups in total. The van der Waals surface area contributed by atoms with Gasteiger partial charge in [0, 0.05) is 10.9 Å². The van der Waals surface area contributed by atoms with Crippen LogP contribution in [0.2, 0.25) is 0 Å². The largest absolute Gasteiger partial charge is 0.573 e. The summed E-state index contributed by atoms with van der Waals surface area (Å²) in [5.41, 5.74) is 2.09. The lowest BCUT2D eigenvalue weighted by Gasteiger charge is -2.28. The molecule has 0 spiro atoms. The average molecular weight is 473 g/mol. The number of aryl methyl sites for hydroxylation is 1. The SMILES string of the molecule is CCCC[C@H]1CC[C@H](CCc2ccc3c(F)c(-c4ccc(OC(F)(F)F)cc4)ccc3c2)CC1. The Balaban J connectivity index is 1.40. The molecule has 0 unspecified atom stereocenters. The fraction of sp³-hybridized carbons (Fsp3) is 0.448. The summed E-state index contributed by atoms with van der Waals surface area (Å²) in [5, 5.41) is 1.37. The number of hydrogen-bond donors (Lipinski definition) is 0. The average Bonchev–Trinajstić information content (AvgIpc) is 2.82. The van der Waals surface area contributed by atoms with E-state index >= 15 is 4.39 Å². The lowest BCUT2D eigenvalue weighted by Crippen LogP contribution is -2.16. The van der Waals surface area contributed by atoms with E-state index < -0.39 is 6.36 Å². The van der Waals surface area contributed by atoms with Crippen LogP contribution < -0.4 is 4.74 Å². The molecule has 3 aromatic rings. The molecule has 1 aliphatic rings. The molecule has 0 radical (unpaired) electrons. The third-order valence-corrected chi connectivity index (χ3v) is 7.19. The van der Waals surface area contributed by atoms with Crippen molar-refractivity contribution < 1.29 is 22.3 Å². The second-order valence-electron chi connectivity index (χ2n) is 9.62. The van der Waals surface area contributed by atoms with Gasteiger partial charge in [-0.3, -0.25) is 0 Å². The molecule has 0 aromatic heterocycles. The van der Waals surface area contributed by atoms with Gasteiger partial charge >= 0.3 is 6.36 Å². The molecule has 4 rings (SSSR count). The van der Waals surface area contributed by atoms with Crippen molar-refractivity contribution in [2.75, 3.05) is 0 Å². The zero-order valence-electron chi connectivity index (χ0n) is 19.6. The van der Waals surface area contributed by atoms with Gasteiger partial charge < -0.3 is 4.74 Å². The zero-order valence-corrected chi connectivity index (χ0v) is 19.6. The molecule has 34 heavy (non-hydrogen) atoms. The highest BCUT2D eigenvalue weighted by Crippen LogP contribution is 2.35. The van der Waals surface area contributed by atoms with E-state index in [-0.39, 0.29) is 11.6 Å². The Morgan fingerprint density at radius 2 is 1.53 bits per heavy atom. The third kappa shape index (κ3) is 6.31. The first-order chi connectivity index (χ1) is 16.3. The lowest BCUT2D eigenvalue weighted by atomic mass is 9.78. The molecule has 182 valence electrons. The first kappa shape index (κ1) is 24.6. The Kier molecular flexibility index (Phi) is 7.80. The van der Waals surface area contributed by atoms with Crippen LogP contribution in [0.15, 0.2) is 54.6 Å². The van der Waals surface area contributed by atoms with Gasteiger partial charge in [0.15, 0.2) is 0 Å². The fourth-order valence-electron chi connectivity index (χ4n) is 5.23. The molecule has 0 bridgehead atoms. The predicted molar refractivity (Wildman–Crippen MR) is 129 cm³/mol. The molecule has 0 aliphatic heterocycles. The summed E-state index contributed by atoms with van der Waals surface area (Å²) in [6.07, 6.45) is 6.83. The molecule has 0 amide bonds. The lowest BCUT2D eigenvalue weighted by molar-refractivity contribution is -0.274. The van der Waals surface area contributed by atoms with E-state index in [1.807, 2.05) is 18.2 Å². The van der Waals surface area contributed by atoms with Crippen molar-refractivity contribution in [1.29, 1.82) is 0 Å². The minimum atomic E-state index is -4.75. The number of halogens is 4. The van der Waals surface area contributed by atoms with Gasteiger partial charge in [0.05, 0.1) is 0 Å². The van der Waals surface area contributed by atoms with Crippen molar-refractivity contribution in [3.63, 3.8) is 0 Å². The Morgan fingerprint density at radius 1 is 0.853 bits per heavy atom. The number of alkyl halides is 3. The van der Waals surface area contributed by atoms with E-state index in [0.717, 1.165) is 23.6 Å². The molecule has 1 aliphatic carbocycles. The third-order valence-electron chi connectivity index (χ3n) is 7.19. The summed E-state index contributed by atoms with van der Waals surface area (Å²) in [7, 11) is 0. The second kappa shape index (κ2) is 10.8. The van der Waals surface area contributed by atoms with Crippen molar-refractivity contribution >= 4 is 10.8 Å². The van der Waals surface area contributed by atoms with Crippen LogP contribution in [0.5, 0.6) is 5.75 Å².